The van der Waals surface area contributed by atoms with Crippen molar-refractivity contribution in [1.82, 2.24) is 35.2 Å². The van der Waals surface area contributed by atoms with E-state index in [2.05, 4.69) is 30.3 Å². The van der Waals surface area contributed by atoms with Crippen molar-refractivity contribution < 1.29 is 54.7 Å². The second-order valence-corrected chi connectivity index (χ2v) is 19.2. The Kier molecular flexibility index (Phi) is 11.2. The van der Waals surface area contributed by atoms with Gasteiger partial charge in [0.1, 0.15) is 34.8 Å². The van der Waals surface area contributed by atoms with Crippen LogP contribution in [0.15, 0.2) is 59.2 Å². The maximum atomic E-state index is 14.7. The van der Waals surface area contributed by atoms with E-state index in [4.69, 9.17) is 13.9 Å². The first-order valence-corrected chi connectivity index (χ1v) is 22.1. The van der Waals surface area contributed by atoms with Gasteiger partial charge < -0.3 is 29.4 Å². The van der Waals surface area contributed by atoms with E-state index < -0.39 is 86.1 Å². The summed E-state index contributed by atoms with van der Waals surface area (Å²) in [7, 11) is -3.98. The largest absolute Gasteiger partial charge is 0.470 e. The van der Waals surface area contributed by atoms with Crippen LogP contribution < -0.4 is 20.1 Å². The molecule has 0 unspecified atom stereocenters. The van der Waals surface area contributed by atoms with Gasteiger partial charge in [-0.05, 0) is 83.6 Å². The van der Waals surface area contributed by atoms with Crippen LogP contribution in [0.25, 0.3) is 33.6 Å². The highest BCUT2D eigenvalue weighted by Crippen LogP contribution is 2.46. The number of carbonyl (C=O) groups excluding carboxylic acids is 4. The maximum Gasteiger partial charge on any atom is 0.416 e. The van der Waals surface area contributed by atoms with E-state index in [0.717, 1.165) is 18.6 Å². The van der Waals surface area contributed by atoms with Gasteiger partial charge in [-0.3, -0.25) is 19.1 Å². The van der Waals surface area contributed by atoms with Gasteiger partial charge in [0, 0.05) is 24.1 Å². The van der Waals surface area contributed by atoms with Crippen LogP contribution in [0.4, 0.5) is 18.0 Å². The van der Waals surface area contributed by atoms with Crippen molar-refractivity contribution in [2.75, 3.05) is 6.54 Å². The molecule has 62 heavy (non-hydrogen) atoms. The number of nitrogens with one attached hydrogen (secondary N) is 3. The Morgan fingerprint density at radius 1 is 1.02 bits per heavy atom. The standard InChI is InChI=1S/C42H46F3N7O9S/c1-40(2,3)61-39(56)47-29-12-8-6-4-5-7-10-25-21-41(25,38(55)51-62(57,58)27-17-18-27)50-34(53)30-20-26(22-52(30)37(29)54)59-36-32-31(28-11-9-19-46-35(28)60-32)48-33(49-36)23-13-15-24(16-14-23)42(43,44)45/h7,9-11,13-16,19,25-27,29-30H,4-6,8,12,17-18,20-22H2,1-3H3,(H,47,56)(H,50,53)(H,51,55)/b10-7-/t25-,26+,29-,30-,41+/m0/s1. The number of aromatic nitrogens is 3. The van der Waals surface area contributed by atoms with E-state index >= 15 is 0 Å². The first-order chi connectivity index (χ1) is 29.3. The van der Waals surface area contributed by atoms with E-state index in [1.807, 2.05) is 6.08 Å². The number of carbonyl (C=O) groups is 4. The molecule has 2 saturated carbocycles. The molecule has 2 aliphatic carbocycles. The summed E-state index contributed by atoms with van der Waals surface area (Å²) in [5.74, 6) is -2.91. The number of hydrogen-bond acceptors (Lipinski definition) is 12. The first kappa shape index (κ1) is 42.9. The van der Waals surface area contributed by atoms with E-state index in [1.165, 1.54) is 23.2 Å². The number of halogens is 3. The second kappa shape index (κ2) is 16.2. The fraction of sp³-hybridized carbons (Fsp3) is 0.500. The predicted octanol–water partition coefficient (Wildman–Crippen LogP) is 5.70. The number of rotatable bonds is 7. The third-order valence-corrected chi connectivity index (χ3v) is 13.2. The quantitative estimate of drug-likeness (QED) is 0.191. The highest BCUT2D eigenvalue weighted by atomic mass is 32.2. The lowest BCUT2D eigenvalue weighted by Crippen LogP contribution is -2.58. The number of amides is 4. The molecule has 4 aliphatic rings. The minimum Gasteiger partial charge on any atom is -0.470 e. The van der Waals surface area contributed by atoms with Crippen molar-refractivity contribution in [1.29, 1.82) is 0 Å². The lowest BCUT2D eigenvalue weighted by atomic mass is 10.0. The smallest absolute Gasteiger partial charge is 0.416 e. The number of hydrogen-bond donors (Lipinski definition) is 3. The van der Waals surface area contributed by atoms with Gasteiger partial charge in [0.15, 0.2) is 5.82 Å². The molecule has 330 valence electrons. The number of fused-ring (bicyclic) bond motifs is 5. The van der Waals surface area contributed by atoms with Crippen molar-refractivity contribution in [3.8, 4) is 17.3 Å². The van der Waals surface area contributed by atoms with Gasteiger partial charge in [-0.1, -0.05) is 37.1 Å². The summed E-state index contributed by atoms with van der Waals surface area (Å²) in [6.07, 6.45) is 2.37. The summed E-state index contributed by atoms with van der Waals surface area (Å²) in [5, 5.41) is 5.27. The number of ether oxygens (including phenoxy) is 2. The van der Waals surface area contributed by atoms with Crippen molar-refractivity contribution >= 4 is 56.0 Å². The van der Waals surface area contributed by atoms with Crippen molar-refractivity contribution in [3.05, 3.63) is 60.3 Å². The Bertz CT molecular complexity index is 2560. The molecule has 16 nitrogen and oxygen atoms in total. The van der Waals surface area contributed by atoms with Crippen molar-refractivity contribution in [3.63, 3.8) is 0 Å². The Morgan fingerprint density at radius 3 is 2.48 bits per heavy atom. The summed E-state index contributed by atoms with van der Waals surface area (Å²) >= 11 is 0. The summed E-state index contributed by atoms with van der Waals surface area (Å²) in [4.78, 5) is 70.9. The van der Waals surface area contributed by atoms with E-state index in [0.29, 0.717) is 37.5 Å². The number of benzene rings is 1. The molecule has 8 rings (SSSR count). The normalized spacial score (nSPS) is 25.5. The Morgan fingerprint density at radius 2 is 1.77 bits per heavy atom. The molecule has 20 heteroatoms. The Labute approximate surface area is 354 Å². The van der Waals surface area contributed by atoms with Gasteiger partial charge in [0.25, 0.3) is 11.8 Å². The molecule has 5 heterocycles. The van der Waals surface area contributed by atoms with Gasteiger partial charge in [0.2, 0.25) is 33.1 Å². The third kappa shape index (κ3) is 9.05. The van der Waals surface area contributed by atoms with E-state index in [1.54, 1.807) is 39.0 Å². The fourth-order valence-corrected chi connectivity index (χ4v) is 9.29. The van der Waals surface area contributed by atoms with Gasteiger partial charge in [-0.2, -0.15) is 18.2 Å². The maximum absolute atomic E-state index is 14.7. The molecule has 4 amide bonds. The molecular weight excluding hydrogens is 836 g/mol. The van der Waals surface area contributed by atoms with Crippen LogP contribution in [0, 0.1) is 5.92 Å². The number of pyridine rings is 1. The van der Waals surface area contributed by atoms with Gasteiger partial charge in [-0.25, -0.2) is 23.2 Å². The molecule has 3 aromatic heterocycles. The van der Waals surface area contributed by atoms with Gasteiger partial charge in [-0.15, -0.1) is 0 Å². The topological polar surface area (TPSA) is 212 Å². The van der Waals surface area contributed by atoms with E-state index in [9.17, 15) is 40.8 Å². The zero-order chi connectivity index (χ0) is 44.2. The number of alkyl carbamates (subject to hydrolysis) is 1. The highest BCUT2D eigenvalue weighted by molar-refractivity contribution is 7.91. The Hall–Kier alpha value is -5.79. The molecule has 0 bridgehead atoms. The van der Waals surface area contributed by atoms with Crippen molar-refractivity contribution in [2.24, 2.45) is 5.92 Å². The van der Waals surface area contributed by atoms with Crippen LogP contribution in [0.2, 0.25) is 0 Å². The minimum atomic E-state index is -4.58. The summed E-state index contributed by atoms with van der Waals surface area (Å²) < 4.78 is 86.4. The molecule has 3 fully saturated rings. The molecular formula is C42H46F3N7O9S. The van der Waals surface area contributed by atoms with Crippen LogP contribution in [-0.2, 0) is 35.3 Å². The average Bonchev–Trinajstić information content (AvgIpc) is 4.10. The van der Waals surface area contributed by atoms with Crippen LogP contribution in [0.1, 0.15) is 84.1 Å². The van der Waals surface area contributed by atoms with Crippen LogP contribution in [-0.4, -0.2) is 93.2 Å². The average molecular weight is 882 g/mol. The molecule has 1 saturated heterocycles. The summed E-state index contributed by atoms with van der Waals surface area (Å²) in [5.41, 5.74) is -2.66. The Balaban J connectivity index is 1.15. The van der Waals surface area contributed by atoms with Crippen LogP contribution in [0.3, 0.4) is 0 Å². The highest BCUT2D eigenvalue weighted by Gasteiger charge is 2.62. The first-order valence-electron chi connectivity index (χ1n) is 20.6. The molecule has 0 spiro atoms. The molecule has 3 N–H and O–H groups in total. The lowest BCUT2D eigenvalue weighted by molar-refractivity contribution is -0.141. The molecule has 2 aliphatic heterocycles. The summed E-state index contributed by atoms with van der Waals surface area (Å²) in [6.45, 7) is 4.82. The van der Waals surface area contributed by atoms with E-state index in [-0.39, 0.29) is 59.9 Å². The van der Waals surface area contributed by atoms with Gasteiger partial charge >= 0.3 is 12.3 Å². The molecule has 4 aromatic rings. The number of nitrogens with zero attached hydrogens (tertiary/aromatic N) is 4. The number of alkyl halides is 3. The zero-order valence-corrected chi connectivity index (χ0v) is 35.0. The summed E-state index contributed by atoms with van der Waals surface area (Å²) in [6, 6.07) is 5.18. The molecule has 1 aromatic carbocycles. The van der Waals surface area contributed by atoms with Gasteiger partial charge in [0.05, 0.1) is 22.7 Å². The number of allylic oxidation sites excluding steroid dienone is 1. The lowest BCUT2D eigenvalue weighted by Gasteiger charge is -2.30. The predicted molar refractivity (Wildman–Crippen MR) is 217 cm³/mol. The third-order valence-electron chi connectivity index (χ3n) is 11.3. The monoisotopic (exact) mass is 881 g/mol. The SMILES string of the molecule is CC(C)(C)OC(=O)N[C@H]1CCCCC/C=C\[C@H]2C[C@@]2(C(=O)NS(=O)(=O)C2CC2)NC(=O)[C@@H]2C[C@@H](Oc3nc(-c4ccc(C(F)(F)F)cc4)nc4c3oc3ncccc34)CN2C1=O. The minimum absolute atomic E-state index is 0.00185. The van der Waals surface area contributed by atoms with Crippen molar-refractivity contribution in [2.45, 2.75) is 119 Å². The zero-order valence-electron chi connectivity index (χ0n) is 34.2. The molecule has 5 atom stereocenters. The van der Waals surface area contributed by atoms with Crippen LogP contribution >= 0.6 is 0 Å². The second-order valence-electron chi connectivity index (χ2n) is 17.3. The fourth-order valence-electron chi connectivity index (χ4n) is 7.93. The molecule has 0 radical (unpaired) electrons. The number of sulfonamides is 1. The van der Waals surface area contributed by atoms with Crippen LogP contribution in [0.5, 0.6) is 5.88 Å². The number of furan rings is 1.